The van der Waals surface area contributed by atoms with E-state index in [4.69, 9.17) is 10.8 Å². The number of aliphatic hydroxyl groups is 1. The molecule has 0 rings (SSSR count). The number of rotatable bonds is 4. The Labute approximate surface area is 76.9 Å². The lowest BCUT2D eigenvalue weighted by Crippen LogP contribution is -2.35. The molecule has 0 heterocycles. The largest absolute Gasteiger partial charge is 0.390 e. The van der Waals surface area contributed by atoms with Gasteiger partial charge < -0.3 is 15.6 Å². The van der Waals surface area contributed by atoms with E-state index in [9.17, 15) is 9.59 Å². The number of carbonyl (C=O) groups excluding carboxylic acids is 2. The van der Waals surface area contributed by atoms with Gasteiger partial charge in [0.25, 0.3) is 0 Å². The van der Waals surface area contributed by atoms with Crippen molar-refractivity contribution in [1.29, 1.82) is 0 Å². The summed E-state index contributed by atoms with van der Waals surface area (Å²) in [6.45, 7) is 3.31. The molecule has 0 amide bonds. The van der Waals surface area contributed by atoms with Crippen LogP contribution in [0, 0.1) is 0 Å². The van der Waals surface area contributed by atoms with Crippen LogP contribution in [0.15, 0.2) is 0 Å². The van der Waals surface area contributed by atoms with Gasteiger partial charge in [-0.1, -0.05) is 13.8 Å². The number of hydrogen-bond donors (Lipinski definition) is 2. The van der Waals surface area contributed by atoms with Crippen LogP contribution in [0.4, 0.5) is 0 Å². The van der Waals surface area contributed by atoms with Crippen LogP contribution in [0.2, 0.25) is 0 Å². The maximum Gasteiger partial charge on any atom is 0.342 e. The number of carbonyl (C=O) groups is 2. The van der Waals surface area contributed by atoms with Crippen LogP contribution >= 0.6 is 0 Å². The van der Waals surface area contributed by atoms with Crippen LogP contribution in [0.25, 0.3) is 0 Å². The Hall–Kier alpha value is -0.940. The highest BCUT2D eigenvalue weighted by Gasteiger charge is 2.21. The molecule has 0 radical (unpaired) electrons. The first kappa shape index (κ1) is 12.1. The first-order valence-corrected chi connectivity index (χ1v) is 4.22. The third-order valence-electron chi connectivity index (χ3n) is 1.60. The molecule has 76 valence electrons. The summed E-state index contributed by atoms with van der Waals surface area (Å²) in [5.41, 5.74) is 5.30. The monoisotopic (exact) mass is 189 g/mol. The molecule has 0 saturated carbocycles. The molecular formula is C8H15NO4. The van der Waals surface area contributed by atoms with Crippen molar-refractivity contribution in [3.05, 3.63) is 0 Å². The van der Waals surface area contributed by atoms with E-state index in [0.717, 1.165) is 0 Å². The van der Waals surface area contributed by atoms with Crippen molar-refractivity contribution in [3.63, 3.8) is 0 Å². The van der Waals surface area contributed by atoms with E-state index in [1.165, 1.54) is 0 Å². The number of hydrogen-bond acceptors (Lipinski definition) is 5. The van der Waals surface area contributed by atoms with E-state index in [-0.39, 0.29) is 6.42 Å². The van der Waals surface area contributed by atoms with Crippen molar-refractivity contribution in [2.45, 2.75) is 38.8 Å². The van der Waals surface area contributed by atoms with E-state index < -0.39 is 24.1 Å². The number of ether oxygens (including phenoxy) is 1. The number of aliphatic hydroxyl groups excluding tert-OH is 1. The first-order valence-electron chi connectivity index (χ1n) is 4.22. The number of nitrogens with two attached hydrogens (primary N) is 1. The molecule has 2 atom stereocenters. The molecular weight excluding hydrogens is 174 g/mol. The van der Waals surface area contributed by atoms with Crippen LogP contribution in [0.3, 0.4) is 0 Å². The fourth-order valence-electron chi connectivity index (χ4n) is 0.576. The Kier molecular flexibility index (Phi) is 5.25. The van der Waals surface area contributed by atoms with Crippen molar-refractivity contribution in [2.24, 2.45) is 5.73 Å². The molecule has 13 heavy (non-hydrogen) atoms. The summed E-state index contributed by atoms with van der Waals surface area (Å²) in [6, 6.07) is -0.798. The van der Waals surface area contributed by atoms with E-state index in [0.29, 0.717) is 6.42 Å². The molecule has 0 aliphatic carbocycles. The van der Waals surface area contributed by atoms with E-state index in [1.807, 2.05) is 0 Å². The quantitative estimate of drug-likeness (QED) is 0.462. The minimum atomic E-state index is -1.24. The van der Waals surface area contributed by atoms with Crippen LogP contribution < -0.4 is 5.73 Å². The Morgan fingerprint density at radius 1 is 1.31 bits per heavy atom. The molecule has 0 aromatic heterocycles. The maximum atomic E-state index is 10.9. The minimum Gasteiger partial charge on any atom is -0.390 e. The van der Waals surface area contributed by atoms with Gasteiger partial charge in [-0.15, -0.1) is 0 Å². The maximum absolute atomic E-state index is 10.9. The second-order valence-electron chi connectivity index (χ2n) is 2.68. The summed E-state index contributed by atoms with van der Waals surface area (Å²) in [7, 11) is 0. The molecule has 3 N–H and O–H groups in total. The highest BCUT2D eigenvalue weighted by Crippen LogP contribution is 1.97. The normalized spacial score (nSPS) is 14.8. The van der Waals surface area contributed by atoms with Crippen molar-refractivity contribution in [1.82, 2.24) is 0 Å². The van der Waals surface area contributed by atoms with Crippen molar-refractivity contribution < 1.29 is 19.4 Å². The summed E-state index contributed by atoms with van der Waals surface area (Å²) >= 11 is 0. The van der Waals surface area contributed by atoms with Gasteiger partial charge in [-0.05, 0) is 12.8 Å². The van der Waals surface area contributed by atoms with Gasteiger partial charge in [-0.2, -0.15) is 0 Å². The summed E-state index contributed by atoms with van der Waals surface area (Å²) in [5.74, 6) is -1.73. The van der Waals surface area contributed by atoms with E-state index in [1.54, 1.807) is 13.8 Å². The molecule has 5 nitrogen and oxygen atoms in total. The van der Waals surface area contributed by atoms with Gasteiger partial charge in [0.1, 0.15) is 6.04 Å². The van der Waals surface area contributed by atoms with Crippen LogP contribution in [-0.4, -0.2) is 29.2 Å². The average Bonchev–Trinajstić information content (AvgIpc) is 2.14. The molecule has 0 aliphatic rings. The van der Waals surface area contributed by atoms with Gasteiger partial charge in [0.15, 0.2) is 6.10 Å². The summed E-state index contributed by atoms with van der Waals surface area (Å²) in [5, 5.41) is 8.96. The predicted octanol–water partition coefficient (Wildman–Crippen LogP) is -0.436. The Morgan fingerprint density at radius 3 is 2.23 bits per heavy atom. The Balaban J connectivity index is 3.99. The Bertz CT molecular complexity index is 173. The molecule has 0 fully saturated rings. The lowest BCUT2D eigenvalue weighted by molar-refractivity contribution is -0.166. The average molecular weight is 189 g/mol. The van der Waals surface area contributed by atoms with Crippen LogP contribution in [0.5, 0.6) is 0 Å². The van der Waals surface area contributed by atoms with Gasteiger partial charge >= 0.3 is 11.9 Å². The molecule has 0 aliphatic heterocycles. The van der Waals surface area contributed by atoms with Crippen molar-refractivity contribution in [2.75, 3.05) is 0 Å². The highest BCUT2D eigenvalue weighted by atomic mass is 16.6. The second-order valence-corrected chi connectivity index (χ2v) is 2.68. The molecule has 5 heteroatoms. The third-order valence-corrected chi connectivity index (χ3v) is 1.60. The van der Waals surface area contributed by atoms with Gasteiger partial charge in [-0.25, -0.2) is 9.59 Å². The van der Waals surface area contributed by atoms with E-state index >= 15 is 0 Å². The van der Waals surface area contributed by atoms with Gasteiger partial charge in [0, 0.05) is 0 Å². The molecule has 0 aromatic carbocycles. The molecule has 0 saturated heterocycles. The molecule has 0 aromatic rings. The highest BCUT2D eigenvalue weighted by molar-refractivity contribution is 5.90. The van der Waals surface area contributed by atoms with Crippen molar-refractivity contribution >= 4 is 11.9 Å². The van der Waals surface area contributed by atoms with Crippen LogP contribution in [0.1, 0.15) is 26.7 Å². The third kappa shape index (κ3) is 4.00. The zero-order chi connectivity index (χ0) is 10.4. The minimum absolute atomic E-state index is 0.216. The predicted molar refractivity (Wildman–Crippen MR) is 45.7 cm³/mol. The van der Waals surface area contributed by atoms with Crippen molar-refractivity contribution in [3.8, 4) is 0 Å². The lowest BCUT2D eigenvalue weighted by Gasteiger charge is -2.09. The topological polar surface area (TPSA) is 89.6 Å². The fraction of sp³-hybridized carbons (Fsp3) is 0.750. The van der Waals surface area contributed by atoms with Crippen LogP contribution in [-0.2, 0) is 14.3 Å². The zero-order valence-electron chi connectivity index (χ0n) is 7.82. The fourth-order valence-corrected chi connectivity index (χ4v) is 0.576. The number of esters is 2. The summed E-state index contributed by atoms with van der Waals surface area (Å²) < 4.78 is 4.30. The zero-order valence-corrected chi connectivity index (χ0v) is 7.82. The van der Waals surface area contributed by atoms with Gasteiger partial charge in [0.2, 0.25) is 0 Å². The standard InChI is InChI=1S/C8H15NO4/c1-3-5(9)7(11)13-8(12)6(10)4-2/h5-6,10H,3-4,9H2,1-2H3. The Morgan fingerprint density at radius 2 is 1.85 bits per heavy atom. The summed E-state index contributed by atoms with van der Waals surface area (Å²) in [4.78, 5) is 21.8. The van der Waals surface area contributed by atoms with Gasteiger partial charge in [-0.3, -0.25) is 0 Å². The van der Waals surface area contributed by atoms with Gasteiger partial charge in [0.05, 0.1) is 0 Å². The molecule has 0 spiro atoms. The lowest BCUT2D eigenvalue weighted by atomic mass is 10.2. The second kappa shape index (κ2) is 5.66. The molecule has 2 unspecified atom stereocenters. The molecule has 0 bridgehead atoms. The van der Waals surface area contributed by atoms with E-state index in [2.05, 4.69) is 4.74 Å². The smallest absolute Gasteiger partial charge is 0.342 e. The SMILES string of the molecule is CCC(N)C(=O)OC(=O)C(O)CC. The summed E-state index contributed by atoms with van der Waals surface area (Å²) in [6.07, 6.45) is -0.630. The first-order chi connectivity index (χ1) is 6.02.